The monoisotopic (exact) mass is 531 g/mol. The summed E-state index contributed by atoms with van der Waals surface area (Å²) in [5.74, 6) is -3.39. The average Bonchev–Trinajstić information content (AvgIpc) is 2.88. The predicted octanol–water partition coefficient (Wildman–Crippen LogP) is 2.39. The zero-order valence-electron chi connectivity index (χ0n) is 21.3. The normalized spacial score (nSPS) is 10.4. The van der Waals surface area contributed by atoms with Gasteiger partial charge in [-0.15, -0.1) is 0 Å². The summed E-state index contributed by atoms with van der Waals surface area (Å²) in [7, 11) is 0. The molecule has 0 bridgehead atoms. The van der Waals surface area contributed by atoms with Crippen LogP contribution in [0, 0.1) is 0 Å². The van der Waals surface area contributed by atoms with Crippen molar-refractivity contribution < 1.29 is 52.5 Å². The van der Waals surface area contributed by atoms with Crippen LogP contribution in [0.2, 0.25) is 0 Å². The lowest BCUT2D eigenvalue weighted by Crippen LogP contribution is -2.53. The molecule has 0 unspecified atom stereocenters. The van der Waals surface area contributed by atoms with Crippen molar-refractivity contribution in [2.45, 2.75) is 32.7 Å². The van der Waals surface area contributed by atoms with Crippen LogP contribution in [-0.2, 0) is 28.5 Å². The summed E-state index contributed by atoms with van der Waals surface area (Å²) in [5.41, 5.74) is -1.65. The number of amides is 1. The maximum absolute atomic E-state index is 12.5. The van der Waals surface area contributed by atoms with Gasteiger partial charge in [-0.1, -0.05) is 13.2 Å². The number of nitrogens with one attached hydrogen (secondary N) is 1. The van der Waals surface area contributed by atoms with Gasteiger partial charge < -0.3 is 24.3 Å². The molecule has 1 rings (SSSR count). The zero-order chi connectivity index (χ0) is 28.9. The Bertz CT molecular complexity index is 1110. The van der Waals surface area contributed by atoms with Crippen LogP contribution in [0.1, 0.15) is 68.6 Å². The second-order valence-electron chi connectivity index (χ2n) is 8.15. The van der Waals surface area contributed by atoms with Gasteiger partial charge in [0.15, 0.2) is 17.9 Å². The smallest absolute Gasteiger partial charge is 0.407 e. The second kappa shape index (κ2) is 14.8. The molecule has 1 amide bonds. The molecule has 0 fully saturated rings. The molecule has 0 saturated heterocycles. The van der Waals surface area contributed by atoms with Gasteiger partial charge in [0.2, 0.25) is 0 Å². The highest BCUT2D eigenvalue weighted by atomic mass is 16.6. The molecule has 12 nitrogen and oxygen atoms in total. The molecule has 0 heterocycles. The van der Waals surface area contributed by atoms with E-state index in [1.807, 2.05) is 0 Å². The van der Waals surface area contributed by atoms with E-state index in [2.05, 4.69) is 18.5 Å². The Morgan fingerprint density at radius 1 is 0.816 bits per heavy atom. The lowest BCUT2D eigenvalue weighted by molar-refractivity contribution is -0.144. The highest BCUT2D eigenvalue weighted by Crippen LogP contribution is 2.19. The van der Waals surface area contributed by atoms with E-state index in [4.69, 9.17) is 18.9 Å². The molecule has 0 aliphatic heterocycles. The molecule has 38 heavy (non-hydrogen) atoms. The van der Waals surface area contributed by atoms with Crippen molar-refractivity contribution in [3.63, 3.8) is 0 Å². The Balaban J connectivity index is 2.72. The molecule has 1 N–H and O–H groups in total. The van der Waals surface area contributed by atoms with E-state index in [1.54, 1.807) is 0 Å². The fourth-order valence-electron chi connectivity index (χ4n) is 2.92. The summed E-state index contributed by atoms with van der Waals surface area (Å²) < 4.78 is 20.0. The molecule has 0 aromatic heterocycles. The molecule has 0 saturated carbocycles. The molecule has 204 valence electrons. The lowest BCUT2D eigenvalue weighted by Gasteiger charge is -2.28. The molecule has 1 aromatic rings. The first-order chi connectivity index (χ1) is 17.9. The summed E-state index contributed by atoms with van der Waals surface area (Å²) >= 11 is 0. The van der Waals surface area contributed by atoms with Crippen molar-refractivity contribution in [1.82, 2.24) is 5.32 Å². The van der Waals surface area contributed by atoms with Crippen molar-refractivity contribution in [3.8, 4) is 0 Å². The average molecular weight is 532 g/mol. The van der Waals surface area contributed by atoms with Crippen molar-refractivity contribution in [2.75, 3.05) is 26.4 Å². The van der Waals surface area contributed by atoms with Crippen LogP contribution >= 0.6 is 0 Å². The highest BCUT2D eigenvalue weighted by Gasteiger charge is 2.31. The first-order valence-electron chi connectivity index (χ1n) is 11.2. The SMILES string of the molecule is C=CC(=O)OCC(C)(COC(=O)C=C)NC(=O)OCCCOC(=O)c1cc(C(C)=O)c(C=O)cc1C(C)=O. The number of rotatable bonds is 15. The van der Waals surface area contributed by atoms with Crippen molar-refractivity contribution in [2.24, 2.45) is 0 Å². The summed E-state index contributed by atoms with van der Waals surface area (Å²) in [6, 6.07) is 2.29. The Kier molecular flexibility index (Phi) is 12.3. The summed E-state index contributed by atoms with van der Waals surface area (Å²) in [5, 5.41) is 2.44. The topological polar surface area (TPSA) is 168 Å². The van der Waals surface area contributed by atoms with Crippen LogP contribution < -0.4 is 5.32 Å². The maximum Gasteiger partial charge on any atom is 0.407 e. The van der Waals surface area contributed by atoms with E-state index in [9.17, 15) is 33.6 Å². The van der Waals surface area contributed by atoms with Crippen LogP contribution in [0.25, 0.3) is 0 Å². The minimum absolute atomic E-state index is 0.0239. The molecular weight excluding hydrogens is 502 g/mol. The predicted molar refractivity (Wildman–Crippen MR) is 132 cm³/mol. The molecule has 1 aromatic carbocycles. The minimum atomic E-state index is -1.34. The van der Waals surface area contributed by atoms with Gasteiger partial charge in [-0.05, 0) is 32.9 Å². The quantitative estimate of drug-likeness (QED) is 0.0881. The van der Waals surface area contributed by atoms with E-state index >= 15 is 0 Å². The molecule has 0 atom stereocenters. The van der Waals surface area contributed by atoms with Crippen LogP contribution in [0.3, 0.4) is 0 Å². The van der Waals surface area contributed by atoms with Gasteiger partial charge in [-0.25, -0.2) is 19.2 Å². The van der Waals surface area contributed by atoms with Crippen molar-refractivity contribution in [3.05, 3.63) is 59.7 Å². The lowest BCUT2D eigenvalue weighted by atomic mass is 9.95. The van der Waals surface area contributed by atoms with Gasteiger partial charge in [0.25, 0.3) is 0 Å². The van der Waals surface area contributed by atoms with E-state index < -0.39 is 41.1 Å². The summed E-state index contributed by atoms with van der Waals surface area (Å²) in [6.45, 7) is 9.26. The van der Waals surface area contributed by atoms with E-state index in [1.165, 1.54) is 20.8 Å². The highest BCUT2D eigenvalue weighted by molar-refractivity contribution is 6.10. The van der Waals surface area contributed by atoms with Crippen LogP contribution in [0.15, 0.2) is 37.4 Å². The number of hydrogen-bond acceptors (Lipinski definition) is 11. The third-order valence-corrected chi connectivity index (χ3v) is 4.85. The number of ether oxygens (including phenoxy) is 4. The number of alkyl carbamates (subject to hydrolysis) is 1. The fraction of sp³-hybridized carbons (Fsp3) is 0.346. The zero-order valence-corrected chi connectivity index (χ0v) is 21.3. The van der Waals surface area contributed by atoms with Crippen LogP contribution in [0.5, 0.6) is 0 Å². The number of carbonyl (C=O) groups excluding carboxylic acids is 7. The molecule has 0 aliphatic rings. The third-order valence-electron chi connectivity index (χ3n) is 4.85. The van der Waals surface area contributed by atoms with E-state index in [-0.39, 0.29) is 55.1 Å². The fourth-order valence-corrected chi connectivity index (χ4v) is 2.92. The van der Waals surface area contributed by atoms with Gasteiger partial charge in [-0.2, -0.15) is 0 Å². The Morgan fingerprint density at radius 3 is 1.82 bits per heavy atom. The largest absolute Gasteiger partial charge is 0.462 e. The first kappa shape index (κ1) is 31.4. The molecule has 0 radical (unpaired) electrons. The second-order valence-corrected chi connectivity index (χ2v) is 8.15. The Hall–Kier alpha value is -4.61. The number of Topliss-reactive ketones (excluding diaryl/α,β-unsaturated/α-hetero) is 2. The standard InChI is InChI=1S/C26H29NO11/c1-6-22(31)37-14-26(5,15-38-23(32)7-2)27-25(34)36-10-8-9-35-24(33)21-12-19(16(3)29)18(13-28)11-20(21)17(4)30/h6-7,11-13H,1-2,8-10,14-15H2,3-5H3,(H,27,34). The van der Waals surface area contributed by atoms with Crippen molar-refractivity contribution in [1.29, 1.82) is 0 Å². The molecule has 0 spiro atoms. The third kappa shape index (κ3) is 9.80. The van der Waals surface area contributed by atoms with Crippen LogP contribution in [-0.4, -0.2) is 73.8 Å². The van der Waals surface area contributed by atoms with Crippen molar-refractivity contribution >= 4 is 41.9 Å². The number of aldehydes is 1. The minimum Gasteiger partial charge on any atom is -0.462 e. The van der Waals surface area contributed by atoms with E-state index in [0.717, 1.165) is 24.3 Å². The first-order valence-corrected chi connectivity index (χ1v) is 11.2. The van der Waals surface area contributed by atoms with Gasteiger partial charge in [0, 0.05) is 35.3 Å². The Morgan fingerprint density at radius 2 is 1.34 bits per heavy atom. The molecule has 0 aliphatic carbocycles. The number of hydrogen-bond donors (Lipinski definition) is 1. The van der Waals surface area contributed by atoms with E-state index in [0.29, 0.717) is 6.29 Å². The molecular formula is C26H29NO11. The van der Waals surface area contributed by atoms with Crippen LogP contribution in [0.4, 0.5) is 4.79 Å². The Labute approximate surface area is 218 Å². The maximum atomic E-state index is 12.5. The number of carbonyl (C=O) groups is 7. The van der Waals surface area contributed by atoms with Gasteiger partial charge in [0.05, 0.1) is 18.8 Å². The van der Waals surface area contributed by atoms with Gasteiger partial charge >= 0.3 is 24.0 Å². The summed E-state index contributed by atoms with van der Waals surface area (Å²) in [6.07, 6.45) is 1.39. The van der Waals surface area contributed by atoms with Gasteiger partial charge in [-0.3, -0.25) is 14.4 Å². The number of ketones is 2. The number of esters is 3. The molecule has 12 heteroatoms. The summed E-state index contributed by atoms with van der Waals surface area (Å²) in [4.78, 5) is 82.6. The number of benzene rings is 1. The van der Waals surface area contributed by atoms with Gasteiger partial charge in [0.1, 0.15) is 18.8 Å².